The molecule has 0 aliphatic rings. The summed E-state index contributed by atoms with van der Waals surface area (Å²) in [4.78, 5) is 6.49. The van der Waals surface area contributed by atoms with E-state index in [2.05, 4.69) is 73.7 Å². The number of halogens is 1. The van der Waals surface area contributed by atoms with Gasteiger partial charge in [0, 0.05) is 44.9 Å². The summed E-state index contributed by atoms with van der Waals surface area (Å²) in [7, 11) is 5.82. The standard InChI is InChI=1S/C17H24BrN5/c1-19-17(20-10-4-5-15-11-21-23(3)13-15)22(2)12-14-6-8-16(18)9-7-14/h6-9,11,13H,4-5,10,12H2,1-3H3,(H,19,20). The molecule has 0 unspecified atom stereocenters. The molecule has 0 radical (unpaired) electrons. The summed E-state index contributed by atoms with van der Waals surface area (Å²) >= 11 is 3.46. The molecule has 0 saturated carbocycles. The molecular weight excluding hydrogens is 354 g/mol. The quantitative estimate of drug-likeness (QED) is 0.478. The van der Waals surface area contributed by atoms with E-state index in [1.54, 1.807) is 0 Å². The highest BCUT2D eigenvalue weighted by Crippen LogP contribution is 2.11. The fraction of sp³-hybridized carbons (Fsp3) is 0.412. The molecule has 1 heterocycles. The molecule has 1 aromatic carbocycles. The van der Waals surface area contributed by atoms with Crippen LogP contribution in [-0.4, -0.2) is 41.3 Å². The minimum absolute atomic E-state index is 0.829. The number of guanidine groups is 1. The number of aromatic nitrogens is 2. The third kappa shape index (κ3) is 5.71. The molecule has 2 aromatic rings. The van der Waals surface area contributed by atoms with Crippen LogP contribution >= 0.6 is 15.9 Å². The lowest BCUT2D eigenvalue weighted by atomic mass is 10.2. The molecule has 0 amide bonds. The van der Waals surface area contributed by atoms with Gasteiger partial charge in [0.25, 0.3) is 0 Å². The van der Waals surface area contributed by atoms with Crippen molar-refractivity contribution in [3.8, 4) is 0 Å². The Morgan fingerprint density at radius 1 is 1.30 bits per heavy atom. The van der Waals surface area contributed by atoms with Gasteiger partial charge in [-0.15, -0.1) is 0 Å². The second-order valence-electron chi connectivity index (χ2n) is 5.58. The van der Waals surface area contributed by atoms with E-state index < -0.39 is 0 Å². The third-order valence-corrected chi connectivity index (χ3v) is 4.12. The Labute approximate surface area is 146 Å². The summed E-state index contributed by atoms with van der Waals surface area (Å²) in [6.45, 7) is 1.72. The first-order valence-corrected chi connectivity index (χ1v) is 8.51. The summed E-state index contributed by atoms with van der Waals surface area (Å²) in [5, 5.41) is 7.61. The normalized spacial score (nSPS) is 11.6. The van der Waals surface area contributed by atoms with Crippen LogP contribution in [0.2, 0.25) is 0 Å². The first-order valence-electron chi connectivity index (χ1n) is 7.72. The first kappa shape index (κ1) is 17.5. The second-order valence-corrected chi connectivity index (χ2v) is 6.50. The van der Waals surface area contributed by atoms with Crippen LogP contribution in [0.3, 0.4) is 0 Å². The molecule has 0 saturated heterocycles. The number of rotatable bonds is 6. The number of benzene rings is 1. The second kappa shape index (κ2) is 8.72. The molecule has 0 aliphatic heterocycles. The molecule has 0 atom stereocenters. The molecule has 1 aromatic heterocycles. The lowest BCUT2D eigenvalue weighted by molar-refractivity contribution is 0.476. The first-order chi connectivity index (χ1) is 11.1. The smallest absolute Gasteiger partial charge is 0.193 e. The minimum atomic E-state index is 0.829. The molecule has 124 valence electrons. The van der Waals surface area contributed by atoms with Gasteiger partial charge in [0.1, 0.15) is 0 Å². The van der Waals surface area contributed by atoms with Crippen molar-refractivity contribution in [3.05, 3.63) is 52.3 Å². The van der Waals surface area contributed by atoms with Crippen molar-refractivity contribution < 1.29 is 0 Å². The van der Waals surface area contributed by atoms with Gasteiger partial charge in [0.2, 0.25) is 0 Å². The van der Waals surface area contributed by atoms with Gasteiger partial charge in [-0.1, -0.05) is 28.1 Å². The monoisotopic (exact) mass is 377 g/mol. The molecule has 0 fully saturated rings. The number of aryl methyl sites for hydroxylation is 2. The predicted octanol–water partition coefficient (Wildman–Crippen LogP) is 2.82. The summed E-state index contributed by atoms with van der Waals surface area (Å²) in [5.74, 6) is 0.916. The van der Waals surface area contributed by atoms with Crippen LogP contribution in [0.15, 0.2) is 46.1 Å². The van der Waals surface area contributed by atoms with E-state index in [4.69, 9.17) is 0 Å². The maximum absolute atomic E-state index is 4.36. The number of nitrogens with zero attached hydrogens (tertiary/aromatic N) is 4. The van der Waals surface area contributed by atoms with Gasteiger partial charge >= 0.3 is 0 Å². The van der Waals surface area contributed by atoms with Crippen molar-refractivity contribution in [2.75, 3.05) is 20.6 Å². The van der Waals surface area contributed by atoms with Crippen LogP contribution in [0.1, 0.15) is 17.5 Å². The van der Waals surface area contributed by atoms with E-state index >= 15 is 0 Å². The van der Waals surface area contributed by atoms with E-state index in [-0.39, 0.29) is 0 Å². The van der Waals surface area contributed by atoms with Crippen molar-refractivity contribution in [3.63, 3.8) is 0 Å². The van der Waals surface area contributed by atoms with E-state index in [9.17, 15) is 0 Å². The summed E-state index contributed by atoms with van der Waals surface area (Å²) in [6, 6.07) is 8.37. The fourth-order valence-corrected chi connectivity index (χ4v) is 2.68. The summed E-state index contributed by atoms with van der Waals surface area (Å²) in [6.07, 6.45) is 6.06. The summed E-state index contributed by atoms with van der Waals surface area (Å²) < 4.78 is 2.94. The Kier molecular flexibility index (Phi) is 6.65. The van der Waals surface area contributed by atoms with Crippen LogP contribution in [0.5, 0.6) is 0 Å². The lowest BCUT2D eigenvalue weighted by Crippen LogP contribution is -2.38. The molecule has 5 nitrogen and oxygen atoms in total. The Morgan fingerprint density at radius 3 is 2.65 bits per heavy atom. The van der Waals surface area contributed by atoms with Crippen molar-refractivity contribution >= 4 is 21.9 Å². The number of hydrogen-bond acceptors (Lipinski definition) is 2. The Balaban J connectivity index is 1.76. The average molecular weight is 378 g/mol. The van der Waals surface area contributed by atoms with Crippen molar-refractivity contribution in [1.82, 2.24) is 20.0 Å². The van der Waals surface area contributed by atoms with Crippen LogP contribution in [0.25, 0.3) is 0 Å². The molecule has 2 rings (SSSR count). The van der Waals surface area contributed by atoms with Gasteiger partial charge in [-0.2, -0.15) is 5.10 Å². The summed E-state index contributed by atoms with van der Waals surface area (Å²) in [5.41, 5.74) is 2.53. The van der Waals surface area contributed by atoms with Crippen molar-refractivity contribution in [2.45, 2.75) is 19.4 Å². The number of aliphatic imine (C=N–C) groups is 1. The number of nitrogens with one attached hydrogen (secondary N) is 1. The zero-order chi connectivity index (χ0) is 16.7. The van der Waals surface area contributed by atoms with Crippen LogP contribution in [0, 0.1) is 0 Å². The average Bonchev–Trinajstić information content (AvgIpc) is 2.95. The number of hydrogen-bond donors (Lipinski definition) is 1. The van der Waals surface area contributed by atoms with Gasteiger partial charge < -0.3 is 10.2 Å². The SMILES string of the molecule is CN=C(NCCCc1cnn(C)c1)N(C)Cc1ccc(Br)cc1. The van der Waals surface area contributed by atoms with Gasteiger partial charge in [0.15, 0.2) is 5.96 Å². The van der Waals surface area contributed by atoms with Gasteiger partial charge in [-0.25, -0.2) is 0 Å². The zero-order valence-corrected chi connectivity index (χ0v) is 15.5. The molecule has 0 spiro atoms. The maximum atomic E-state index is 4.36. The Morgan fingerprint density at radius 2 is 2.04 bits per heavy atom. The fourth-order valence-electron chi connectivity index (χ4n) is 2.42. The molecule has 1 N–H and O–H groups in total. The molecular formula is C17H24BrN5. The minimum Gasteiger partial charge on any atom is -0.356 e. The maximum Gasteiger partial charge on any atom is 0.193 e. The van der Waals surface area contributed by atoms with E-state index in [0.29, 0.717) is 0 Å². The molecule has 0 bridgehead atoms. The van der Waals surface area contributed by atoms with Gasteiger partial charge in [0.05, 0.1) is 6.20 Å². The largest absolute Gasteiger partial charge is 0.356 e. The van der Waals surface area contributed by atoms with Crippen molar-refractivity contribution in [2.24, 2.45) is 12.0 Å². The van der Waals surface area contributed by atoms with E-state index in [0.717, 1.165) is 36.4 Å². The van der Waals surface area contributed by atoms with Gasteiger partial charge in [-0.05, 0) is 36.1 Å². The molecule has 23 heavy (non-hydrogen) atoms. The third-order valence-electron chi connectivity index (χ3n) is 3.59. The van der Waals surface area contributed by atoms with Crippen LogP contribution in [-0.2, 0) is 20.0 Å². The zero-order valence-electron chi connectivity index (χ0n) is 14.0. The topological polar surface area (TPSA) is 45.5 Å². The highest BCUT2D eigenvalue weighted by molar-refractivity contribution is 9.10. The molecule has 6 heteroatoms. The highest BCUT2D eigenvalue weighted by Gasteiger charge is 2.06. The van der Waals surface area contributed by atoms with Crippen LogP contribution < -0.4 is 5.32 Å². The van der Waals surface area contributed by atoms with Crippen molar-refractivity contribution in [1.29, 1.82) is 0 Å². The molecule has 0 aliphatic carbocycles. The highest BCUT2D eigenvalue weighted by atomic mass is 79.9. The van der Waals surface area contributed by atoms with E-state index in [1.807, 2.05) is 25.0 Å². The lowest BCUT2D eigenvalue weighted by Gasteiger charge is -2.22. The van der Waals surface area contributed by atoms with Crippen LogP contribution in [0.4, 0.5) is 0 Å². The van der Waals surface area contributed by atoms with Gasteiger partial charge in [-0.3, -0.25) is 9.67 Å². The van der Waals surface area contributed by atoms with E-state index in [1.165, 1.54) is 11.1 Å². The Hall–Kier alpha value is -1.82. The Bertz CT molecular complexity index is 633. The predicted molar refractivity (Wildman–Crippen MR) is 98.5 cm³/mol.